The molecule has 1 amide bonds. The zero-order chi connectivity index (χ0) is 21.0. The molecule has 29 heavy (non-hydrogen) atoms. The predicted octanol–water partition coefficient (Wildman–Crippen LogP) is 4.11. The molecular weight excluding hydrogens is 398 g/mol. The number of hydrogen-bond acceptors (Lipinski definition) is 3. The molecule has 5 nitrogen and oxygen atoms in total. The molecule has 3 rings (SSSR count). The number of nitrogens with zero attached hydrogens (tertiary/aromatic N) is 1. The third-order valence-electron chi connectivity index (χ3n) is 4.15. The number of benzene rings is 3. The highest BCUT2D eigenvalue weighted by Crippen LogP contribution is 2.26. The molecule has 0 aliphatic heterocycles. The number of carbonyl (C=O) groups is 1. The highest BCUT2D eigenvalue weighted by Gasteiger charge is 2.29. The van der Waals surface area contributed by atoms with Gasteiger partial charge in [-0.25, -0.2) is 17.2 Å². The van der Waals surface area contributed by atoms with E-state index in [9.17, 15) is 22.0 Å². The standard InChI is InChI=1S/C21H18F2N2O3S/c1-15-6-12-18(13-7-15)29(27,28)25(20-5-3-2-4-19(20)23)14-21(26)24-17-10-8-16(22)9-11-17/h2-13H,14H2,1H3,(H,24,26). The van der Waals surface area contributed by atoms with Crippen molar-refractivity contribution in [1.82, 2.24) is 0 Å². The quantitative estimate of drug-likeness (QED) is 0.658. The maximum absolute atomic E-state index is 14.4. The highest BCUT2D eigenvalue weighted by molar-refractivity contribution is 7.92. The molecule has 0 radical (unpaired) electrons. The topological polar surface area (TPSA) is 66.5 Å². The van der Waals surface area contributed by atoms with E-state index in [1.807, 2.05) is 0 Å². The Bertz CT molecular complexity index is 1120. The third-order valence-corrected chi connectivity index (χ3v) is 5.92. The van der Waals surface area contributed by atoms with E-state index in [1.165, 1.54) is 42.5 Å². The van der Waals surface area contributed by atoms with Gasteiger partial charge in [-0.2, -0.15) is 0 Å². The molecule has 0 saturated heterocycles. The van der Waals surface area contributed by atoms with Gasteiger partial charge in [0.25, 0.3) is 10.0 Å². The number of sulfonamides is 1. The van der Waals surface area contributed by atoms with Gasteiger partial charge in [0.05, 0.1) is 10.6 Å². The van der Waals surface area contributed by atoms with Gasteiger partial charge in [0.2, 0.25) is 5.91 Å². The molecule has 0 aliphatic carbocycles. The fourth-order valence-electron chi connectivity index (χ4n) is 2.66. The number of halogens is 2. The minimum absolute atomic E-state index is 0.0686. The van der Waals surface area contributed by atoms with Gasteiger partial charge in [-0.05, 0) is 55.5 Å². The Morgan fingerprint density at radius 2 is 1.55 bits per heavy atom. The molecule has 0 heterocycles. The maximum atomic E-state index is 14.4. The molecule has 1 N–H and O–H groups in total. The van der Waals surface area contributed by atoms with E-state index in [4.69, 9.17) is 0 Å². The Balaban J connectivity index is 1.95. The largest absolute Gasteiger partial charge is 0.325 e. The number of nitrogens with one attached hydrogen (secondary N) is 1. The van der Waals surface area contributed by atoms with Crippen molar-refractivity contribution in [2.24, 2.45) is 0 Å². The van der Waals surface area contributed by atoms with Crippen molar-refractivity contribution in [3.63, 3.8) is 0 Å². The van der Waals surface area contributed by atoms with Crippen LogP contribution in [0.3, 0.4) is 0 Å². The highest BCUT2D eigenvalue weighted by atomic mass is 32.2. The van der Waals surface area contributed by atoms with Crippen molar-refractivity contribution >= 4 is 27.3 Å². The van der Waals surface area contributed by atoms with E-state index in [1.54, 1.807) is 19.1 Å². The fraction of sp³-hybridized carbons (Fsp3) is 0.0952. The number of aryl methyl sites for hydroxylation is 1. The Hall–Kier alpha value is -3.26. The lowest BCUT2D eigenvalue weighted by molar-refractivity contribution is -0.114. The lowest BCUT2D eigenvalue weighted by atomic mass is 10.2. The van der Waals surface area contributed by atoms with Crippen molar-refractivity contribution < 1.29 is 22.0 Å². The first-order chi connectivity index (χ1) is 13.8. The van der Waals surface area contributed by atoms with Crippen LogP contribution < -0.4 is 9.62 Å². The molecule has 8 heteroatoms. The van der Waals surface area contributed by atoms with Crippen LogP contribution in [0.15, 0.2) is 77.7 Å². The van der Waals surface area contributed by atoms with Crippen molar-refractivity contribution in [2.75, 3.05) is 16.2 Å². The van der Waals surface area contributed by atoms with Gasteiger partial charge in [-0.3, -0.25) is 9.10 Å². The lowest BCUT2D eigenvalue weighted by Crippen LogP contribution is -2.38. The Morgan fingerprint density at radius 1 is 0.931 bits per heavy atom. The van der Waals surface area contributed by atoms with E-state index < -0.39 is 34.1 Å². The minimum atomic E-state index is -4.21. The smallest absolute Gasteiger partial charge is 0.264 e. The summed E-state index contributed by atoms with van der Waals surface area (Å²) >= 11 is 0. The van der Waals surface area contributed by atoms with Crippen LogP contribution in [0.2, 0.25) is 0 Å². The van der Waals surface area contributed by atoms with E-state index in [-0.39, 0.29) is 16.3 Å². The summed E-state index contributed by atoms with van der Waals surface area (Å²) in [6, 6.07) is 16.3. The van der Waals surface area contributed by atoms with Gasteiger partial charge in [-0.15, -0.1) is 0 Å². The molecule has 3 aromatic rings. The third kappa shape index (κ3) is 4.78. The number of anilines is 2. The fourth-order valence-corrected chi connectivity index (χ4v) is 4.08. The first-order valence-electron chi connectivity index (χ1n) is 8.67. The molecule has 3 aromatic carbocycles. The monoisotopic (exact) mass is 416 g/mol. The van der Waals surface area contributed by atoms with E-state index in [2.05, 4.69) is 5.32 Å². The second-order valence-electron chi connectivity index (χ2n) is 6.33. The van der Waals surface area contributed by atoms with Crippen LogP contribution in [0.25, 0.3) is 0 Å². The van der Waals surface area contributed by atoms with Crippen LogP contribution in [-0.4, -0.2) is 20.9 Å². The summed E-state index contributed by atoms with van der Waals surface area (Å²) < 4.78 is 54.5. The van der Waals surface area contributed by atoms with Gasteiger partial charge in [0, 0.05) is 5.69 Å². The molecular formula is C21H18F2N2O3S. The summed E-state index contributed by atoms with van der Waals surface area (Å²) in [5.41, 5.74) is 0.899. The summed E-state index contributed by atoms with van der Waals surface area (Å²) in [7, 11) is -4.21. The van der Waals surface area contributed by atoms with Crippen LogP contribution in [-0.2, 0) is 14.8 Å². The SMILES string of the molecule is Cc1ccc(S(=O)(=O)N(CC(=O)Nc2ccc(F)cc2)c2ccccc2F)cc1. The molecule has 0 spiro atoms. The van der Waals surface area contributed by atoms with E-state index >= 15 is 0 Å². The van der Waals surface area contributed by atoms with Gasteiger partial charge < -0.3 is 5.32 Å². The van der Waals surface area contributed by atoms with Crippen molar-refractivity contribution in [3.8, 4) is 0 Å². The van der Waals surface area contributed by atoms with E-state index in [0.717, 1.165) is 23.8 Å². The van der Waals surface area contributed by atoms with Gasteiger partial charge >= 0.3 is 0 Å². The molecule has 0 saturated carbocycles. The Morgan fingerprint density at radius 3 is 2.17 bits per heavy atom. The molecule has 0 fully saturated rings. The first-order valence-corrected chi connectivity index (χ1v) is 10.1. The second-order valence-corrected chi connectivity index (χ2v) is 8.19. The molecule has 0 aromatic heterocycles. The summed E-state index contributed by atoms with van der Waals surface area (Å²) in [6.07, 6.45) is 0. The zero-order valence-corrected chi connectivity index (χ0v) is 16.3. The number of carbonyl (C=O) groups excluding carboxylic acids is 1. The maximum Gasteiger partial charge on any atom is 0.264 e. The molecule has 0 unspecified atom stereocenters. The zero-order valence-electron chi connectivity index (χ0n) is 15.5. The van der Waals surface area contributed by atoms with Gasteiger partial charge in [-0.1, -0.05) is 29.8 Å². The van der Waals surface area contributed by atoms with Crippen LogP contribution in [0, 0.1) is 18.6 Å². The minimum Gasteiger partial charge on any atom is -0.325 e. The number of rotatable bonds is 6. The second kappa shape index (κ2) is 8.40. The number of para-hydroxylation sites is 1. The van der Waals surface area contributed by atoms with Crippen LogP contribution in [0.4, 0.5) is 20.2 Å². The molecule has 150 valence electrons. The van der Waals surface area contributed by atoms with Crippen LogP contribution >= 0.6 is 0 Å². The van der Waals surface area contributed by atoms with Crippen molar-refractivity contribution in [1.29, 1.82) is 0 Å². The van der Waals surface area contributed by atoms with Gasteiger partial charge in [0.1, 0.15) is 18.2 Å². The number of amides is 1. The summed E-state index contributed by atoms with van der Waals surface area (Å²) in [5.74, 6) is -1.95. The normalized spacial score (nSPS) is 11.1. The Labute approximate surface area is 167 Å². The molecule has 0 aliphatic rings. The predicted molar refractivity (Wildman–Crippen MR) is 107 cm³/mol. The summed E-state index contributed by atoms with van der Waals surface area (Å²) in [4.78, 5) is 12.4. The summed E-state index contributed by atoms with van der Waals surface area (Å²) in [6.45, 7) is 1.15. The van der Waals surface area contributed by atoms with Crippen LogP contribution in [0.1, 0.15) is 5.56 Å². The molecule has 0 bridgehead atoms. The van der Waals surface area contributed by atoms with Crippen LogP contribution in [0.5, 0.6) is 0 Å². The first kappa shape index (κ1) is 20.5. The van der Waals surface area contributed by atoms with Crippen molar-refractivity contribution in [3.05, 3.63) is 90.0 Å². The summed E-state index contributed by atoms with van der Waals surface area (Å²) in [5, 5.41) is 2.49. The average Bonchev–Trinajstić information content (AvgIpc) is 2.69. The van der Waals surface area contributed by atoms with Crippen molar-refractivity contribution in [2.45, 2.75) is 11.8 Å². The average molecular weight is 416 g/mol. The lowest BCUT2D eigenvalue weighted by Gasteiger charge is -2.24. The number of hydrogen-bond donors (Lipinski definition) is 1. The Kier molecular flexibility index (Phi) is 5.93. The van der Waals surface area contributed by atoms with E-state index in [0.29, 0.717) is 4.31 Å². The van der Waals surface area contributed by atoms with Gasteiger partial charge in [0.15, 0.2) is 0 Å². The molecule has 0 atom stereocenters.